The van der Waals surface area contributed by atoms with Crippen molar-refractivity contribution >= 4 is 21.8 Å². The summed E-state index contributed by atoms with van der Waals surface area (Å²) in [5.74, 6) is 0.382. The highest BCUT2D eigenvalue weighted by atomic mass is 79.9. The molecule has 0 aliphatic heterocycles. The summed E-state index contributed by atoms with van der Waals surface area (Å²) in [6.07, 6.45) is 1.65. The molecule has 0 spiro atoms. The van der Waals surface area contributed by atoms with Crippen molar-refractivity contribution in [1.82, 2.24) is 10.3 Å². The number of hydrogen-bond acceptors (Lipinski definition) is 3. The van der Waals surface area contributed by atoms with Crippen LogP contribution < -0.4 is 10.1 Å². The summed E-state index contributed by atoms with van der Waals surface area (Å²) in [6, 6.07) is 13.2. The van der Waals surface area contributed by atoms with Crippen LogP contribution in [0.15, 0.2) is 53.3 Å². The molecule has 5 heteroatoms. The van der Waals surface area contributed by atoms with Crippen molar-refractivity contribution in [3.8, 4) is 5.75 Å². The third kappa shape index (κ3) is 4.06. The fourth-order valence-corrected chi connectivity index (χ4v) is 2.10. The van der Waals surface area contributed by atoms with Crippen LogP contribution in [0.2, 0.25) is 0 Å². The van der Waals surface area contributed by atoms with Crippen LogP contribution >= 0.6 is 15.9 Å². The van der Waals surface area contributed by atoms with Gasteiger partial charge in [0.1, 0.15) is 4.60 Å². The van der Waals surface area contributed by atoms with E-state index < -0.39 is 0 Å². The Balaban J connectivity index is 1.86. The summed E-state index contributed by atoms with van der Waals surface area (Å²) in [7, 11) is 0. The highest BCUT2D eigenvalue weighted by molar-refractivity contribution is 9.10. The van der Waals surface area contributed by atoms with Gasteiger partial charge in [-0.3, -0.25) is 4.79 Å². The normalized spacial score (nSPS) is 11.7. The van der Waals surface area contributed by atoms with Gasteiger partial charge in [0, 0.05) is 6.20 Å². The first-order valence-electron chi connectivity index (χ1n) is 6.24. The molecule has 104 valence electrons. The van der Waals surface area contributed by atoms with E-state index in [2.05, 4.69) is 26.2 Å². The molecule has 4 nitrogen and oxygen atoms in total. The first-order valence-corrected chi connectivity index (χ1v) is 7.03. The highest BCUT2D eigenvalue weighted by Gasteiger charge is 2.10. The van der Waals surface area contributed by atoms with E-state index in [1.165, 1.54) is 0 Å². The molecule has 0 fully saturated rings. The predicted octanol–water partition coefficient (Wildman–Crippen LogP) is 3.10. The molecule has 0 aliphatic carbocycles. The van der Waals surface area contributed by atoms with Gasteiger partial charge in [-0.05, 0) is 40.5 Å². The Kier molecular flexibility index (Phi) is 5.12. The fraction of sp³-hybridized carbons (Fsp3) is 0.200. The van der Waals surface area contributed by atoms with Gasteiger partial charge in [0.15, 0.2) is 12.4 Å². The van der Waals surface area contributed by atoms with Gasteiger partial charge in [0.05, 0.1) is 6.04 Å². The zero-order chi connectivity index (χ0) is 14.4. The Labute approximate surface area is 126 Å². The summed E-state index contributed by atoms with van der Waals surface area (Å²) in [5, 5.41) is 2.89. The maximum atomic E-state index is 11.8. The number of carbonyl (C=O) groups excluding carboxylic acids is 1. The van der Waals surface area contributed by atoms with Crippen LogP contribution in [0.1, 0.15) is 18.5 Å². The van der Waals surface area contributed by atoms with Crippen molar-refractivity contribution in [3.63, 3.8) is 0 Å². The van der Waals surface area contributed by atoms with Gasteiger partial charge in [-0.2, -0.15) is 0 Å². The molecular formula is C15H15BrN2O2. The summed E-state index contributed by atoms with van der Waals surface area (Å²) in [4.78, 5) is 15.9. The number of nitrogens with zero attached hydrogens (tertiary/aromatic N) is 1. The number of amides is 1. The number of carbonyl (C=O) groups is 1. The number of ether oxygens (including phenoxy) is 1. The first kappa shape index (κ1) is 14.5. The third-order valence-electron chi connectivity index (χ3n) is 2.76. The molecule has 0 radical (unpaired) electrons. The molecule has 1 N–H and O–H groups in total. The number of rotatable bonds is 5. The van der Waals surface area contributed by atoms with Crippen molar-refractivity contribution in [2.75, 3.05) is 6.61 Å². The molecule has 1 heterocycles. The fourth-order valence-electron chi connectivity index (χ4n) is 1.73. The quantitative estimate of drug-likeness (QED) is 0.855. The van der Waals surface area contributed by atoms with E-state index in [4.69, 9.17) is 4.74 Å². The Hall–Kier alpha value is -1.88. The minimum Gasteiger partial charge on any atom is -0.481 e. The Morgan fingerprint density at radius 2 is 2.05 bits per heavy atom. The van der Waals surface area contributed by atoms with Crippen molar-refractivity contribution in [3.05, 3.63) is 58.8 Å². The van der Waals surface area contributed by atoms with Gasteiger partial charge in [0.2, 0.25) is 0 Å². The van der Waals surface area contributed by atoms with E-state index in [0.29, 0.717) is 10.4 Å². The molecule has 1 aromatic carbocycles. The Morgan fingerprint density at radius 1 is 1.30 bits per heavy atom. The van der Waals surface area contributed by atoms with Crippen molar-refractivity contribution in [2.45, 2.75) is 13.0 Å². The molecule has 1 atom stereocenters. The first-order chi connectivity index (χ1) is 9.66. The van der Waals surface area contributed by atoms with Gasteiger partial charge in [-0.1, -0.05) is 30.3 Å². The molecular weight excluding hydrogens is 320 g/mol. The lowest BCUT2D eigenvalue weighted by Crippen LogP contribution is -2.31. The van der Waals surface area contributed by atoms with E-state index in [9.17, 15) is 4.79 Å². The Bertz CT molecular complexity index is 575. The zero-order valence-electron chi connectivity index (χ0n) is 11.0. The van der Waals surface area contributed by atoms with Crippen LogP contribution in [0.25, 0.3) is 0 Å². The molecule has 1 amide bonds. The number of hydrogen-bond donors (Lipinski definition) is 1. The average Bonchev–Trinajstić information content (AvgIpc) is 2.47. The molecule has 0 saturated heterocycles. The SMILES string of the molecule is C[C@H](NC(=O)COc1cccnc1Br)c1ccccc1. The standard InChI is InChI=1S/C15H15BrN2O2/c1-11(12-6-3-2-4-7-12)18-14(19)10-20-13-8-5-9-17-15(13)16/h2-9,11H,10H2,1H3,(H,18,19)/t11-/m0/s1. The lowest BCUT2D eigenvalue weighted by molar-refractivity contribution is -0.123. The van der Waals surface area contributed by atoms with Gasteiger partial charge in [-0.15, -0.1) is 0 Å². The Morgan fingerprint density at radius 3 is 2.75 bits per heavy atom. The second-order valence-corrected chi connectivity index (χ2v) is 5.03. The van der Waals surface area contributed by atoms with E-state index in [-0.39, 0.29) is 18.6 Å². The lowest BCUT2D eigenvalue weighted by Gasteiger charge is -2.14. The molecule has 20 heavy (non-hydrogen) atoms. The summed E-state index contributed by atoms with van der Waals surface area (Å²) in [6.45, 7) is 1.90. The maximum Gasteiger partial charge on any atom is 0.258 e. The van der Waals surface area contributed by atoms with Crippen LogP contribution in [0.3, 0.4) is 0 Å². The van der Waals surface area contributed by atoms with Gasteiger partial charge in [0.25, 0.3) is 5.91 Å². The molecule has 0 saturated carbocycles. The molecule has 0 unspecified atom stereocenters. The summed E-state index contributed by atoms with van der Waals surface area (Å²) < 4.78 is 6.00. The van der Waals surface area contributed by atoms with Crippen LogP contribution in [0.5, 0.6) is 5.75 Å². The van der Waals surface area contributed by atoms with Crippen molar-refractivity contribution in [2.24, 2.45) is 0 Å². The number of pyridine rings is 1. The molecule has 1 aromatic heterocycles. The van der Waals surface area contributed by atoms with E-state index in [1.54, 1.807) is 18.3 Å². The molecule has 0 bridgehead atoms. The minimum atomic E-state index is -0.169. The topological polar surface area (TPSA) is 51.2 Å². The lowest BCUT2D eigenvalue weighted by atomic mass is 10.1. The van der Waals surface area contributed by atoms with Gasteiger partial charge in [-0.25, -0.2) is 4.98 Å². The monoisotopic (exact) mass is 334 g/mol. The zero-order valence-corrected chi connectivity index (χ0v) is 12.6. The van der Waals surface area contributed by atoms with Crippen molar-refractivity contribution in [1.29, 1.82) is 0 Å². The molecule has 2 rings (SSSR count). The van der Waals surface area contributed by atoms with E-state index in [0.717, 1.165) is 5.56 Å². The number of aromatic nitrogens is 1. The highest BCUT2D eigenvalue weighted by Crippen LogP contribution is 2.20. The second-order valence-electron chi connectivity index (χ2n) is 4.28. The van der Waals surface area contributed by atoms with E-state index >= 15 is 0 Å². The number of benzene rings is 1. The molecule has 0 aliphatic rings. The predicted molar refractivity (Wildman–Crippen MR) is 80.4 cm³/mol. The van der Waals surface area contributed by atoms with Gasteiger partial charge >= 0.3 is 0 Å². The summed E-state index contributed by atoms with van der Waals surface area (Å²) in [5.41, 5.74) is 1.06. The maximum absolute atomic E-state index is 11.8. The number of nitrogens with one attached hydrogen (secondary N) is 1. The van der Waals surface area contributed by atoms with Crippen LogP contribution in [0.4, 0.5) is 0 Å². The van der Waals surface area contributed by atoms with Crippen molar-refractivity contribution < 1.29 is 9.53 Å². The summed E-state index contributed by atoms with van der Waals surface area (Å²) >= 11 is 3.27. The van der Waals surface area contributed by atoms with Crippen LogP contribution in [0, 0.1) is 0 Å². The second kappa shape index (κ2) is 7.05. The average molecular weight is 335 g/mol. The van der Waals surface area contributed by atoms with Crippen LogP contribution in [-0.4, -0.2) is 17.5 Å². The largest absolute Gasteiger partial charge is 0.481 e. The molecule has 2 aromatic rings. The minimum absolute atomic E-state index is 0.0402. The van der Waals surface area contributed by atoms with Crippen LogP contribution in [-0.2, 0) is 4.79 Å². The third-order valence-corrected chi connectivity index (χ3v) is 3.36. The smallest absolute Gasteiger partial charge is 0.258 e. The van der Waals surface area contributed by atoms with Gasteiger partial charge < -0.3 is 10.1 Å². The number of halogens is 1. The van der Waals surface area contributed by atoms with E-state index in [1.807, 2.05) is 37.3 Å².